The number of fused-ring (bicyclic) bond motifs is 1. The summed E-state index contributed by atoms with van der Waals surface area (Å²) in [5.41, 5.74) is 8.81. The molecule has 0 aliphatic carbocycles. The van der Waals surface area contributed by atoms with Crippen molar-refractivity contribution in [2.45, 2.75) is 13.0 Å². The number of rotatable bonds is 3. The number of aromatic nitrogens is 4. The minimum Gasteiger partial charge on any atom is -0.369 e. The van der Waals surface area contributed by atoms with E-state index >= 15 is 0 Å². The van der Waals surface area contributed by atoms with Crippen LogP contribution in [0.5, 0.6) is 0 Å². The van der Waals surface area contributed by atoms with E-state index in [0.29, 0.717) is 11.0 Å². The number of imidazole rings is 1. The Morgan fingerprint density at radius 1 is 1.32 bits per heavy atom. The van der Waals surface area contributed by atoms with Gasteiger partial charge in [0, 0.05) is 31.2 Å². The van der Waals surface area contributed by atoms with E-state index in [1.165, 1.54) is 0 Å². The molecule has 98 valence electrons. The van der Waals surface area contributed by atoms with Gasteiger partial charge in [0.15, 0.2) is 0 Å². The first-order valence-corrected chi connectivity index (χ1v) is 6.41. The molecular formula is C13H14ClN5. The highest BCUT2D eigenvalue weighted by Crippen LogP contribution is 2.22. The first-order chi connectivity index (χ1) is 9.13. The van der Waals surface area contributed by atoms with Crippen LogP contribution in [0.4, 0.5) is 5.95 Å². The normalized spacial score (nSPS) is 11.3. The highest BCUT2D eigenvalue weighted by molar-refractivity contribution is 6.31. The molecule has 2 aromatic heterocycles. The maximum Gasteiger partial charge on any atom is 0.201 e. The maximum atomic E-state index is 6.02. The predicted octanol–water partition coefficient (Wildman–Crippen LogP) is 2.25. The van der Waals surface area contributed by atoms with Gasteiger partial charge in [-0.05, 0) is 24.3 Å². The molecule has 0 aliphatic rings. The van der Waals surface area contributed by atoms with Crippen LogP contribution in [0.25, 0.3) is 11.0 Å². The molecule has 2 N–H and O–H groups in total. The van der Waals surface area contributed by atoms with Gasteiger partial charge in [0.2, 0.25) is 5.95 Å². The Morgan fingerprint density at radius 3 is 2.89 bits per heavy atom. The number of halogens is 1. The second-order valence-electron chi connectivity index (χ2n) is 4.49. The number of hydrogen-bond donors (Lipinski definition) is 1. The van der Waals surface area contributed by atoms with Gasteiger partial charge in [0.25, 0.3) is 0 Å². The smallest absolute Gasteiger partial charge is 0.201 e. The van der Waals surface area contributed by atoms with E-state index in [0.717, 1.165) is 29.7 Å². The van der Waals surface area contributed by atoms with Crippen molar-refractivity contribution < 1.29 is 0 Å². The number of nitrogens with two attached hydrogens (primary N) is 1. The summed E-state index contributed by atoms with van der Waals surface area (Å²) in [6.45, 7) is 0.736. The largest absolute Gasteiger partial charge is 0.369 e. The van der Waals surface area contributed by atoms with Crippen LogP contribution < -0.4 is 5.73 Å². The molecule has 3 aromatic rings. The van der Waals surface area contributed by atoms with E-state index in [2.05, 4.69) is 10.1 Å². The van der Waals surface area contributed by atoms with E-state index in [1.54, 1.807) is 4.68 Å². The fraction of sp³-hybridized carbons (Fsp3) is 0.231. The molecule has 2 heterocycles. The zero-order valence-electron chi connectivity index (χ0n) is 10.5. The average Bonchev–Trinajstić information content (AvgIpc) is 2.90. The van der Waals surface area contributed by atoms with Gasteiger partial charge in [0.05, 0.1) is 16.7 Å². The second-order valence-corrected chi connectivity index (χ2v) is 4.92. The third-order valence-electron chi connectivity index (χ3n) is 3.10. The third kappa shape index (κ3) is 2.29. The Labute approximate surface area is 115 Å². The fourth-order valence-electron chi connectivity index (χ4n) is 2.17. The first-order valence-electron chi connectivity index (χ1n) is 6.03. The summed E-state index contributed by atoms with van der Waals surface area (Å²) >= 11 is 6.02. The van der Waals surface area contributed by atoms with Crippen LogP contribution in [0.15, 0.2) is 30.5 Å². The van der Waals surface area contributed by atoms with E-state index in [4.69, 9.17) is 17.3 Å². The topological polar surface area (TPSA) is 61.7 Å². The zero-order chi connectivity index (χ0) is 13.4. The van der Waals surface area contributed by atoms with Gasteiger partial charge in [0.1, 0.15) is 0 Å². The summed E-state index contributed by atoms with van der Waals surface area (Å²) in [4.78, 5) is 4.33. The van der Waals surface area contributed by atoms with Gasteiger partial charge in [-0.15, -0.1) is 0 Å². The fourth-order valence-corrected chi connectivity index (χ4v) is 2.34. The molecule has 0 unspecified atom stereocenters. The summed E-state index contributed by atoms with van der Waals surface area (Å²) < 4.78 is 3.76. The lowest BCUT2D eigenvalue weighted by Gasteiger charge is -2.05. The Balaban J connectivity index is 1.91. The van der Waals surface area contributed by atoms with Crippen LogP contribution in [-0.4, -0.2) is 19.3 Å². The van der Waals surface area contributed by atoms with Gasteiger partial charge in [-0.2, -0.15) is 5.10 Å². The van der Waals surface area contributed by atoms with E-state index in [-0.39, 0.29) is 0 Å². The SMILES string of the molecule is Cn1ccc(CCn2c(N)nc3ccc(Cl)cc32)n1. The molecule has 0 bridgehead atoms. The number of hydrogen-bond acceptors (Lipinski definition) is 3. The Hall–Kier alpha value is -2.01. The highest BCUT2D eigenvalue weighted by Gasteiger charge is 2.09. The maximum absolute atomic E-state index is 6.02. The van der Waals surface area contributed by atoms with Crippen molar-refractivity contribution in [2.75, 3.05) is 5.73 Å². The lowest BCUT2D eigenvalue weighted by molar-refractivity contribution is 0.683. The van der Waals surface area contributed by atoms with Crippen molar-refractivity contribution in [1.82, 2.24) is 19.3 Å². The van der Waals surface area contributed by atoms with Crippen LogP contribution >= 0.6 is 11.6 Å². The van der Waals surface area contributed by atoms with Gasteiger partial charge in [-0.3, -0.25) is 4.68 Å². The van der Waals surface area contributed by atoms with Crippen LogP contribution in [-0.2, 0) is 20.0 Å². The standard InChI is InChI=1S/C13H14ClN5/c1-18-6-4-10(17-18)5-7-19-12-8-9(14)2-3-11(12)16-13(19)15/h2-4,6,8H,5,7H2,1H3,(H2,15,16). The monoisotopic (exact) mass is 275 g/mol. The summed E-state index contributed by atoms with van der Waals surface area (Å²) in [6, 6.07) is 7.59. The number of aryl methyl sites for hydroxylation is 3. The number of nitrogen functional groups attached to an aromatic ring is 1. The molecule has 1 aromatic carbocycles. The van der Waals surface area contributed by atoms with E-state index < -0.39 is 0 Å². The number of anilines is 1. The number of benzene rings is 1. The molecule has 0 fully saturated rings. The molecule has 6 heteroatoms. The van der Waals surface area contributed by atoms with Crippen LogP contribution in [0.2, 0.25) is 5.02 Å². The molecule has 3 rings (SSSR count). The quantitative estimate of drug-likeness (QED) is 0.797. The van der Waals surface area contributed by atoms with Crippen molar-refractivity contribution >= 4 is 28.6 Å². The Morgan fingerprint density at radius 2 is 2.16 bits per heavy atom. The van der Waals surface area contributed by atoms with Crippen LogP contribution in [0, 0.1) is 0 Å². The van der Waals surface area contributed by atoms with E-state index in [1.807, 2.05) is 42.1 Å². The van der Waals surface area contributed by atoms with Crippen molar-refractivity contribution in [1.29, 1.82) is 0 Å². The van der Waals surface area contributed by atoms with Gasteiger partial charge >= 0.3 is 0 Å². The Kier molecular flexibility index (Phi) is 2.91. The van der Waals surface area contributed by atoms with E-state index in [9.17, 15) is 0 Å². The summed E-state index contributed by atoms with van der Waals surface area (Å²) in [7, 11) is 1.91. The molecule has 5 nitrogen and oxygen atoms in total. The minimum absolute atomic E-state index is 0.508. The summed E-state index contributed by atoms with van der Waals surface area (Å²) in [5.74, 6) is 0.508. The lowest BCUT2D eigenvalue weighted by Crippen LogP contribution is -2.06. The molecule has 19 heavy (non-hydrogen) atoms. The molecule has 0 spiro atoms. The molecule has 0 saturated carbocycles. The average molecular weight is 276 g/mol. The van der Waals surface area contributed by atoms with Crippen LogP contribution in [0.1, 0.15) is 5.69 Å². The molecule has 0 amide bonds. The highest BCUT2D eigenvalue weighted by atomic mass is 35.5. The molecule has 0 radical (unpaired) electrons. The molecule has 0 saturated heterocycles. The van der Waals surface area contributed by atoms with Crippen molar-refractivity contribution in [3.05, 3.63) is 41.2 Å². The lowest BCUT2D eigenvalue weighted by atomic mass is 10.3. The number of nitrogens with zero attached hydrogens (tertiary/aromatic N) is 4. The second kappa shape index (κ2) is 4.59. The predicted molar refractivity (Wildman–Crippen MR) is 76.1 cm³/mol. The Bertz CT molecular complexity index is 728. The minimum atomic E-state index is 0.508. The van der Waals surface area contributed by atoms with Gasteiger partial charge in [-0.25, -0.2) is 4.98 Å². The molecule has 0 atom stereocenters. The zero-order valence-corrected chi connectivity index (χ0v) is 11.3. The van der Waals surface area contributed by atoms with Crippen molar-refractivity contribution in [3.63, 3.8) is 0 Å². The van der Waals surface area contributed by atoms with Crippen molar-refractivity contribution in [2.24, 2.45) is 7.05 Å². The third-order valence-corrected chi connectivity index (χ3v) is 3.34. The van der Waals surface area contributed by atoms with Crippen molar-refractivity contribution in [3.8, 4) is 0 Å². The molecular weight excluding hydrogens is 262 g/mol. The molecule has 0 aliphatic heterocycles. The van der Waals surface area contributed by atoms with Gasteiger partial charge < -0.3 is 10.3 Å². The summed E-state index contributed by atoms with van der Waals surface area (Å²) in [6.07, 6.45) is 2.74. The van der Waals surface area contributed by atoms with Gasteiger partial charge in [-0.1, -0.05) is 11.6 Å². The summed E-state index contributed by atoms with van der Waals surface area (Å²) in [5, 5.41) is 5.04. The first kappa shape index (κ1) is 12.0. The van der Waals surface area contributed by atoms with Crippen LogP contribution in [0.3, 0.4) is 0 Å².